The standard InChI is InChI=1S/C14H13N3O2S/c1-17(14-4-2-3-11-16-14)20(18,19)13-7-5-12(6-8-13)9-10-15/h2-8,11H,9H2,1H3. The molecule has 1 aromatic carbocycles. The highest BCUT2D eigenvalue weighted by atomic mass is 32.2. The Morgan fingerprint density at radius 3 is 2.45 bits per heavy atom. The summed E-state index contributed by atoms with van der Waals surface area (Å²) in [4.78, 5) is 4.19. The molecule has 102 valence electrons. The number of nitriles is 1. The van der Waals surface area contributed by atoms with Crippen LogP contribution < -0.4 is 4.31 Å². The highest BCUT2D eigenvalue weighted by molar-refractivity contribution is 7.92. The van der Waals surface area contributed by atoms with Crippen molar-refractivity contribution in [2.24, 2.45) is 0 Å². The number of sulfonamides is 1. The highest BCUT2D eigenvalue weighted by Crippen LogP contribution is 2.20. The summed E-state index contributed by atoms with van der Waals surface area (Å²) < 4.78 is 26.0. The van der Waals surface area contributed by atoms with E-state index in [2.05, 4.69) is 4.98 Å². The van der Waals surface area contributed by atoms with Gasteiger partial charge in [0.15, 0.2) is 0 Å². The van der Waals surface area contributed by atoms with Gasteiger partial charge < -0.3 is 0 Å². The molecule has 0 atom stereocenters. The molecule has 0 bridgehead atoms. The van der Waals surface area contributed by atoms with E-state index in [0.29, 0.717) is 5.82 Å². The number of hydrogen-bond acceptors (Lipinski definition) is 4. The van der Waals surface area contributed by atoms with Crippen LogP contribution in [0.4, 0.5) is 5.82 Å². The average Bonchev–Trinajstić information content (AvgIpc) is 2.48. The van der Waals surface area contributed by atoms with Crippen LogP contribution in [-0.2, 0) is 16.4 Å². The van der Waals surface area contributed by atoms with Crippen molar-refractivity contribution in [3.63, 3.8) is 0 Å². The predicted octanol–water partition coefficient (Wildman–Crippen LogP) is 1.97. The lowest BCUT2D eigenvalue weighted by atomic mass is 10.2. The lowest BCUT2D eigenvalue weighted by molar-refractivity contribution is 0.594. The first-order chi connectivity index (χ1) is 9.55. The van der Waals surface area contributed by atoms with Gasteiger partial charge in [-0.05, 0) is 29.8 Å². The van der Waals surface area contributed by atoms with E-state index in [1.54, 1.807) is 30.3 Å². The van der Waals surface area contributed by atoms with Crippen LogP contribution in [-0.4, -0.2) is 20.4 Å². The van der Waals surface area contributed by atoms with Crippen LogP contribution in [0.15, 0.2) is 53.6 Å². The minimum atomic E-state index is -3.64. The topological polar surface area (TPSA) is 74.1 Å². The molecule has 0 aliphatic carbocycles. The van der Waals surface area contributed by atoms with E-state index in [-0.39, 0.29) is 11.3 Å². The third-order valence-electron chi connectivity index (χ3n) is 2.84. The van der Waals surface area contributed by atoms with E-state index >= 15 is 0 Å². The van der Waals surface area contributed by atoms with Gasteiger partial charge >= 0.3 is 0 Å². The molecule has 0 aliphatic rings. The van der Waals surface area contributed by atoms with Gasteiger partial charge in [0, 0.05) is 13.2 Å². The largest absolute Gasteiger partial charge is 0.265 e. The van der Waals surface area contributed by atoms with Gasteiger partial charge in [-0.3, -0.25) is 4.31 Å². The Kier molecular flexibility index (Phi) is 4.01. The number of benzene rings is 1. The van der Waals surface area contributed by atoms with Gasteiger partial charge in [-0.15, -0.1) is 0 Å². The van der Waals surface area contributed by atoms with Crippen LogP contribution in [0.5, 0.6) is 0 Å². The van der Waals surface area contributed by atoms with Crippen molar-refractivity contribution in [3.05, 3.63) is 54.2 Å². The summed E-state index contributed by atoms with van der Waals surface area (Å²) >= 11 is 0. The maximum Gasteiger partial charge on any atom is 0.265 e. The van der Waals surface area contributed by atoms with E-state index in [1.165, 1.54) is 25.4 Å². The molecule has 0 aliphatic heterocycles. The third kappa shape index (κ3) is 2.78. The van der Waals surface area contributed by atoms with Crippen molar-refractivity contribution in [2.75, 3.05) is 11.4 Å². The number of aromatic nitrogens is 1. The number of hydrogen-bond donors (Lipinski definition) is 0. The summed E-state index contributed by atoms with van der Waals surface area (Å²) in [6.07, 6.45) is 1.80. The molecule has 2 aromatic rings. The molecular weight excluding hydrogens is 274 g/mol. The minimum Gasteiger partial charge on any atom is -0.253 e. The number of pyridine rings is 1. The average molecular weight is 287 g/mol. The molecule has 0 spiro atoms. The van der Waals surface area contributed by atoms with Crippen molar-refractivity contribution in [1.82, 2.24) is 4.98 Å². The Morgan fingerprint density at radius 1 is 1.20 bits per heavy atom. The molecule has 0 amide bonds. The summed E-state index contributed by atoms with van der Waals surface area (Å²) in [5.74, 6) is 0.355. The molecule has 1 heterocycles. The molecule has 0 N–H and O–H groups in total. The summed E-state index contributed by atoms with van der Waals surface area (Å²) in [5, 5.41) is 8.60. The fourth-order valence-electron chi connectivity index (χ4n) is 1.69. The lowest BCUT2D eigenvalue weighted by Gasteiger charge is -2.18. The van der Waals surface area contributed by atoms with Crippen LogP contribution in [0.3, 0.4) is 0 Å². The first-order valence-corrected chi connectivity index (χ1v) is 7.35. The van der Waals surface area contributed by atoms with Crippen molar-refractivity contribution < 1.29 is 8.42 Å². The van der Waals surface area contributed by atoms with Crippen LogP contribution in [0.2, 0.25) is 0 Å². The fraction of sp³-hybridized carbons (Fsp3) is 0.143. The van der Waals surface area contributed by atoms with Gasteiger partial charge in [0.2, 0.25) is 0 Å². The second-order valence-electron chi connectivity index (χ2n) is 4.14. The SMILES string of the molecule is CN(c1ccccn1)S(=O)(=O)c1ccc(CC#N)cc1. The molecule has 2 rings (SSSR count). The maximum absolute atomic E-state index is 12.4. The molecule has 0 saturated carbocycles. The summed E-state index contributed by atoms with van der Waals surface area (Å²) in [7, 11) is -2.18. The highest BCUT2D eigenvalue weighted by Gasteiger charge is 2.21. The maximum atomic E-state index is 12.4. The van der Waals surface area contributed by atoms with Crippen LogP contribution >= 0.6 is 0 Å². The molecular formula is C14H13N3O2S. The Labute approximate surface area is 118 Å². The zero-order valence-electron chi connectivity index (χ0n) is 10.9. The Morgan fingerprint density at radius 2 is 1.90 bits per heavy atom. The monoisotopic (exact) mass is 287 g/mol. The summed E-state index contributed by atoms with van der Waals surface area (Å²) in [6.45, 7) is 0. The summed E-state index contributed by atoms with van der Waals surface area (Å²) in [6, 6.07) is 13.4. The zero-order valence-corrected chi connectivity index (χ0v) is 11.7. The lowest BCUT2D eigenvalue weighted by Crippen LogP contribution is -2.27. The number of rotatable bonds is 4. The van der Waals surface area contributed by atoms with Crippen molar-refractivity contribution in [3.8, 4) is 6.07 Å². The normalized spacial score (nSPS) is 10.8. The van der Waals surface area contributed by atoms with Gasteiger partial charge in [-0.25, -0.2) is 13.4 Å². The zero-order chi connectivity index (χ0) is 14.6. The summed E-state index contributed by atoms with van der Waals surface area (Å²) in [5.41, 5.74) is 0.784. The molecule has 0 fully saturated rings. The quantitative estimate of drug-likeness (QED) is 0.861. The second kappa shape index (κ2) is 5.72. The predicted molar refractivity (Wildman–Crippen MR) is 75.6 cm³/mol. The molecule has 0 radical (unpaired) electrons. The Balaban J connectivity index is 2.33. The van der Waals surface area contributed by atoms with Gasteiger partial charge in [-0.1, -0.05) is 18.2 Å². The van der Waals surface area contributed by atoms with Crippen molar-refractivity contribution >= 4 is 15.8 Å². The number of anilines is 1. The van der Waals surface area contributed by atoms with Crippen LogP contribution in [0.1, 0.15) is 5.56 Å². The number of nitrogens with zero attached hydrogens (tertiary/aromatic N) is 3. The van der Waals surface area contributed by atoms with Crippen molar-refractivity contribution in [1.29, 1.82) is 5.26 Å². The molecule has 6 heteroatoms. The van der Waals surface area contributed by atoms with Gasteiger partial charge in [-0.2, -0.15) is 5.26 Å². The van der Waals surface area contributed by atoms with Gasteiger partial charge in [0.1, 0.15) is 5.82 Å². The molecule has 20 heavy (non-hydrogen) atoms. The Hall–Kier alpha value is -2.39. The van der Waals surface area contributed by atoms with E-state index in [0.717, 1.165) is 9.87 Å². The van der Waals surface area contributed by atoms with Crippen molar-refractivity contribution in [2.45, 2.75) is 11.3 Å². The van der Waals surface area contributed by atoms with Gasteiger partial charge in [0.05, 0.1) is 17.4 Å². The van der Waals surface area contributed by atoms with E-state index in [1.807, 2.05) is 6.07 Å². The first kappa shape index (κ1) is 14.0. The van der Waals surface area contributed by atoms with E-state index in [9.17, 15) is 8.42 Å². The minimum absolute atomic E-state index is 0.173. The Bertz CT molecular complexity index is 719. The second-order valence-corrected chi connectivity index (χ2v) is 6.11. The molecule has 1 aromatic heterocycles. The van der Waals surface area contributed by atoms with E-state index < -0.39 is 10.0 Å². The van der Waals surface area contributed by atoms with Gasteiger partial charge in [0.25, 0.3) is 10.0 Å². The molecule has 0 saturated heterocycles. The van der Waals surface area contributed by atoms with Crippen LogP contribution in [0, 0.1) is 11.3 Å². The first-order valence-electron chi connectivity index (χ1n) is 5.91. The molecule has 5 nitrogen and oxygen atoms in total. The molecule has 0 unspecified atom stereocenters. The fourth-order valence-corrected chi connectivity index (χ4v) is 2.84. The van der Waals surface area contributed by atoms with E-state index in [4.69, 9.17) is 5.26 Å². The van der Waals surface area contributed by atoms with Crippen LogP contribution in [0.25, 0.3) is 0 Å². The smallest absolute Gasteiger partial charge is 0.253 e. The third-order valence-corrected chi connectivity index (χ3v) is 4.61.